The van der Waals surface area contributed by atoms with E-state index in [1.165, 1.54) is 6.92 Å². The van der Waals surface area contributed by atoms with Gasteiger partial charge in [-0.1, -0.05) is 29.4 Å². The minimum absolute atomic E-state index is 0.0422. The zero-order valence-corrected chi connectivity index (χ0v) is 15.7. The normalized spacial score (nSPS) is 20.4. The Labute approximate surface area is 155 Å². The van der Waals surface area contributed by atoms with Crippen molar-refractivity contribution in [2.75, 3.05) is 19.6 Å². The molecular weight excluding hydrogens is 386 g/mol. The van der Waals surface area contributed by atoms with E-state index in [0.717, 1.165) is 27.8 Å². The molecule has 6 nitrogen and oxygen atoms in total. The van der Waals surface area contributed by atoms with Gasteiger partial charge in [0.25, 0.3) is 0 Å². The summed E-state index contributed by atoms with van der Waals surface area (Å²) in [7, 11) is 0. The third-order valence-electron chi connectivity index (χ3n) is 4.49. The summed E-state index contributed by atoms with van der Waals surface area (Å²) in [5.74, 6) is 0.526. The number of halogens is 1. The molecule has 3 N–H and O–H groups in total. The molecule has 25 heavy (non-hydrogen) atoms. The lowest BCUT2D eigenvalue weighted by atomic mass is 9.92. The summed E-state index contributed by atoms with van der Waals surface area (Å²) >= 11 is 3.61. The number of hydrogen-bond donors (Lipinski definition) is 3. The van der Waals surface area contributed by atoms with Crippen LogP contribution in [0.4, 0.5) is 0 Å². The van der Waals surface area contributed by atoms with Crippen LogP contribution in [0.5, 0.6) is 0 Å². The summed E-state index contributed by atoms with van der Waals surface area (Å²) in [6, 6.07) is 7.91. The summed E-state index contributed by atoms with van der Waals surface area (Å²) in [6.07, 6.45) is 0.976. The Balaban J connectivity index is 1.86. The molecule has 0 bridgehead atoms. The maximum absolute atomic E-state index is 11.1. The molecule has 2 heterocycles. The molecule has 1 saturated heterocycles. The quantitative estimate of drug-likeness (QED) is 0.707. The highest BCUT2D eigenvalue weighted by atomic mass is 79.9. The molecule has 2 aromatic rings. The molecule has 7 heteroatoms. The SMILES string of the molecule is CC(=O)NCCc1ccccc1-c1onc([C@H]2CNCC[C@H]2O)c1Br. The number of rotatable bonds is 5. The van der Waals surface area contributed by atoms with Crippen molar-refractivity contribution in [2.24, 2.45) is 0 Å². The molecule has 1 aliphatic heterocycles. The fraction of sp³-hybridized carbons (Fsp3) is 0.444. The summed E-state index contributed by atoms with van der Waals surface area (Å²) < 4.78 is 6.41. The van der Waals surface area contributed by atoms with Crippen LogP contribution in [0.3, 0.4) is 0 Å². The van der Waals surface area contributed by atoms with Crippen molar-refractivity contribution in [3.8, 4) is 11.3 Å². The number of piperidine rings is 1. The van der Waals surface area contributed by atoms with E-state index in [9.17, 15) is 9.90 Å². The lowest BCUT2D eigenvalue weighted by molar-refractivity contribution is -0.118. The molecule has 0 aliphatic carbocycles. The molecular formula is C18H22BrN3O3. The van der Waals surface area contributed by atoms with Gasteiger partial charge in [-0.2, -0.15) is 0 Å². The first kappa shape index (κ1) is 18.1. The molecule has 0 spiro atoms. The standard InChI is InChI=1S/C18H22BrN3O3/c1-11(23)21-9-6-12-4-2-3-5-13(12)18-16(19)17(22-25-18)14-10-20-8-7-15(14)24/h2-5,14-15,20,24H,6-10H2,1H3,(H,21,23)/t14-,15+/m0/s1. The van der Waals surface area contributed by atoms with Crippen molar-refractivity contribution in [3.05, 3.63) is 40.0 Å². The minimum Gasteiger partial charge on any atom is -0.392 e. The van der Waals surface area contributed by atoms with Crippen LogP contribution < -0.4 is 10.6 Å². The number of aromatic nitrogens is 1. The number of nitrogens with zero attached hydrogens (tertiary/aromatic N) is 1. The highest BCUT2D eigenvalue weighted by Gasteiger charge is 2.31. The van der Waals surface area contributed by atoms with Gasteiger partial charge >= 0.3 is 0 Å². The Morgan fingerprint density at radius 3 is 3.04 bits per heavy atom. The first-order chi connectivity index (χ1) is 12.1. The van der Waals surface area contributed by atoms with E-state index in [1.807, 2.05) is 24.3 Å². The minimum atomic E-state index is -0.425. The molecule has 1 fully saturated rings. The van der Waals surface area contributed by atoms with Gasteiger partial charge in [-0.15, -0.1) is 0 Å². The van der Waals surface area contributed by atoms with Crippen LogP contribution in [-0.4, -0.2) is 41.9 Å². The second-order valence-corrected chi connectivity index (χ2v) is 7.06. The molecule has 0 unspecified atom stereocenters. The summed E-state index contributed by atoms with van der Waals surface area (Å²) in [5, 5.41) is 20.6. The maximum Gasteiger partial charge on any atom is 0.216 e. The number of carbonyl (C=O) groups is 1. The van der Waals surface area contributed by atoms with Crippen molar-refractivity contribution >= 4 is 21.8 Å². The van der Waals surface area contributed by atoms with E-state index < -0.39 is 6.10 Å². The number of amides is 1. The van der Waals surface area contributed by atoms with Gasteiger partial charge in [0.05, 0.1) is 10.6 Å². The van der Waals surface area contributed by atoms with Gasteiger partial charge in [0, 0.05) is 31.5 Å². The lowest BCUT2D eigenvalue weighted by Gasteiger charge is -2.26. The van der Waals surface area contributed by atoms with Crippen LogP contribution in [0.1, 0.15) is 30.5 Å². The largest absolute Gasteiger partial charge is 0.392 e. The van der Waals surface area contributed by atoms with E-state index in [2.05, 4.69) is 31.7 Å². The van der Waals surface area contributed by atoms with Gasteiger partial charge in [0.1, 0.15) is 5.69 Å². The molecule has 134 valence electrons. The number of benzene rings is 1. The fourth-order valence-electron chi connectivity index (χ4n) is 3.15. The van der Waals surface area contributed by atoms with Gasteiger partial charge in [-0.3, -0.25) is 4.79 Å². The van der Waals surface area contributed by atoms with Crippen LogP contribution in [0.15, 0.2) is 33.3 Å². The van der Waals surface area contributed by atoms with Crippen LogP contribution in [0, 0.1) is 0 Å². The van der Waals surface area contributed by atoms with Gasteiger partial charge < -0.3 is 20.3 Å². The third kappa shape index (κ3) is 4.11. The van der Waals surface area contributed by atoms with Gasteiger partial charge in [0.15, 0.2) is 5.76 Å². The fourth-order valence-corrected chi connectivity index (χ4v) is 3.80. The average molecular weight is 408 g/mol. The zero-order valence-electron chi connectivity index (χ0n) is 14.1. The molecule has 1 aromatic heterocycles. The predicted octanol–water partition coefficient (Wildman–Crippen LogP) is 2.22. The number of aliphatic hydroxyl groups excluding tert-OH is 1. The molecule has 0 radical (unpaired) electrons. The van der Waals surface area contributed by atoms with Crippen LogP contribution in [0.25, 0.3) is 11.3 Å². The van der Waals surface area contributed by atoms with Crippen molar-refractivity contribution < 1.29 is 14.4 Å². The number of nitrogens with one attached hydrogen (secondary N) is 2. The number of aliphatic hydroxyl groups is 1. The van der Waals surface area contributed by atoms with Crippen LogP contribution >= 0.6 is 15.9 Å². The second kappa shape index (κ2) is 8.12. The Kier molecular flexibility index (Phi) is 5.88. The number of carbonyl (C=O) groups excluding carboxylic acids is 1. The molecule has 1 aliphatic rings. The van der Waals surface area contributed by atoms with Crippen molar-refractivity contribution in [3.63, 3.8) is 0 Å². The van der Waals surface area contributed by atoms with E-state index in [0.29, 0.717) is 31.7 Å². The van der Waals surface area contributed by atoms with E-state index in [4.69, 9.17) is 4.52 Å². The monoisotopic (exact) mass is 407 g/mol. The van der Waals surface area contributed by atoms with Gasteiger partial charge in [-0.25, -0.2) is 0 Å². The second-order valence-electron chi connectivity index (χ2n) is 6.27. The summed E-state index contributed by atoms with van der Waals surface area (Å²) in [5.41, 5.74) is 2.75. The van der Waals surface area contributed by atoms with Crippen molar-refractivity contribution in [1.82, 2.24) is 15.8 Å². The van der Waals surface area contributed by atoms with Gasteiger partial charge in [0.2, 0.25) is 5.91 Å². The lowest BCUT2D eigenvalue weighted by Crippen LogP contribution is -2.38. The highest BCUT2D eigenvalue weighted by molar-refractivity contribution is 9.10. The van der Waals surface area contributed by atoms with Crippen LogP contribution in [-0.2, 0) is 11.2 Å². The maximum atomic E-state index is 11.1. The van der Waals surface area contributed by atoms with Crippen molar-refractivity contribution in [1.29, 1.82) is 0 Å². The first-order valence-electron chi connectivity index (χ1n) is 8.44. The molecule has 1 amide bonds. The molecule has 3 rings (SSSR count). The summed E-state index contributed by atoms with van der Waals surface area (Å²) in [4.78, 5) is 11.1. The molecule has 2 atom stereocenters. The van der Waals surface area contributed by atoms with E-state index in [1.54, 1.807) is 0 Å². The molecule has 0 saturated carbocycles. The summed E-state index contributed by atoms with van der Waals surface area (Å²) in [6.45, 7) is 3.56. The highest BCUT2D eigenvalue weighted by Crippen LogP contribution is 2.38. The zero-order chi connectivity index (χ0) is 17.8. The average Bonchev–Trinajstić information content (AvgIpc) is 2.97. The Morgan fingerprint density at radius 2 is 2.28 bits per heavy atom. The molecule has 1 aromatic carbocycles. The predicted molar refractivity (Wildman–Crippen MR) is 98.3 cm³/mol. The number of hydrogen-bond acceptors (Lipinski definition) is 5. The topological polar surface area (TPSA) is 87.4 Å². The first-order valence-corrected chi connectivity index (χ1v) is 9.23. The Bertz CT molecular complexity index is 747. The Morgan fingerprint density at radius 1 is 1.48 bits per heavy atom. The Hall–Kier alpha value is -1.70. The smallest absolute Gasteiger partial charge is 0.216 e. The van der Waals surface area contributed by atoms with Gasteiger partial charge in [-0.05, 0) is 40.9 Å². The van der Waals surface area contributed by atoms with E-state index in [-0.39, 0.29) is 11.8 Å². The van der Waals surface area contributed by atoms with E-state index >= 15 is 0 Å². The van der Waals surface area contributed by atoms with Crippen molar-refractivity contribution in [2.45, 2.75) is 31.8 Å². The third-order valence-corrected chi connectivity index (χ3v) is 5.25. The van der Waals surface area contributed by atoms with Crippen LogP contribution in [0.2, 0.25) is 0 Å².